The van der Waals surface area contributed by atoms with Gasteiger partial charge in [-0.3, -0.25) is 0 Å². The van der Waals surface area contributed by atoms with Crippen molar-refractivity contribution in [2.75, 3.05) is 11.5 Å². The minimum Gasteiger partial charge on any atom is -0.468 e. The second-order valence-corrected chi connectivity index (χ2v) is 4.57. The number of ether oxygens (including phenoxy) is 1. The predicted molar refractivity (Wildman–Crippen MR) is 75.2 cm³/mol. The van der Waals surface area contributed by atoms with E-state index in [9.17, 15) is 23.1 Å². The zero-order valence-corrected chi connectivity index (χ0v) is 12.0. The normalized spacial score (nSPS) is 11.1. The summed E-state index contributed by atoms with van der Waals surface area (Å²) in [6.45, 7) is -1.59. The van der Waals surface area contributed by atoms with Crippen LogP contribution in [0.4, 0.5) is 29.6 Å². The van der Waals surface area contributed by atoms with Gasteiger partial charge < -0.3 is 9.84 Å². The van der Waals surface area contributed by atoms with Crippen LogP contribution < -0.4 is 9.64 Å². The lowest BCUT2D eigenvalue weighted by atomic mass is 10.3. The van der Waals surface area contributed by atoms with Crippen molar-refractivity contribution in [1.29, 1.82) is 0 Å². The quantitative estimate of drug-likeness (QED) is 0.849. The summed E-state index contributed by atoms with van der Waals surface area (Å²) in [4.78, 5) is 19.5. The fraction of sp³-hybridized carbons (Fsp3) is 0.154. The number of halogens is 4. The van der Waals surface area contributed by atoms with Gasteiger partial charge in [0.15, 0.2) is 6.61 Å². The Labute approximate surface area is 133 Å². The van der Waals surface area contributed by atoms with Gasteiger partial charge in [-0.15, -0.1) is 0 Å². The SMILES string of the molecule is O=C(O)N(c1ccccc1)c1nc(Cl)cc(OCC(F)(F)F)n1. The van der Waals surface area contributed by atoms with E-state index in [4.69, 9.17) is 11.6 Å². The number of benzene rings is 1. The minimum absolute atomic E-state index is 0.198. The molecule has 6 nitrogen and oxygen atoms in total. The van der Waals surface area contributed by atoms with Crippen molar-refractivity contribution in [3.05, 3.63) is 41.6 Å². The van der Waals surface area contributed by atoms with Crippen molar-refractivity contribution in [3.8, 4) is 5.88 Å². The molecule has 0 unspecified atom stereocenters. The molecule has 122 valence electrons. The summed E-state index contributed by atoms with van der Waals surface area (Å²) in [5.41, 5.74) is 0.198. The summed E-state index contributed by atoms with van der Waals surface area (Å²) in [5, 5.41) is 9.05. The van der Waals surface area contributed by atoms with Crippen molar-refractivity contribution in [2.24, 2.45) is 0 Å². The van der Waals surface area contributed by atoms with Crippen LogP contribution in [0.1, 0.15) is 0 Å². The Bertz CT molecular complexity index is 698. The van der Waals surface area contributed by atoms with E-state index in [0.717, 1.165) is 6.07 Å². The lowest BCUT2D eigenvalue weighted by Crippen LogP contribution is -2.26. The average Bonchev–Trinajstić information content (AvgIpc) is 2.45. The molecular formula is C13H9ClF3N3O3. The van der Waals surface area contributed by atoms with Crippen LogP contribution in [-0.4, -0.2) is 34.0 Å². The van der Waals surface area contributed by atoms with E-state index >= 15 is 0 Å². The Hall–Kier alpha value is -2.55. The van der Waals surface area contributed by atoms with Crippen molar-refractivity contribution in [2.45, 2.75) is 6.18 Å². The first kappa shape index (κ1) is 16.8. The lowest BCUT2D eigenvalue weighted by molar-refractivity contribution is -0.154. The molecule has 0 bridgehead atoms. The number of para-hydroxylation sites is 1. The first-order chi connectivity index (χ1) is 10.8. The Morgan fingerprint density at radius 2 is 1.91 bits per heavy atom. The monoisotopic (exact) mass is 347 g/mol. The second kappa shape index (κ2) is 6.69. The van der Waals surface area contributed by atoms with Crippen LogP contribution in [0.15, 0.2) is 36.4 Å². The Morgan fingerprint density at radius 3 is 2.48 bits per heavy atom. The number of nitrogens with zero attached hydrogens (tertiary/aromatic N) is 3. The third kappa shape index (κ3) is 4.71. The molecule has 2 aromatic rings. The molecule has 0 aliphatic carbocycles. The van der Waals surface area contributed by atoms with Crippen molar-refractivity contribution in [3.63, 3.8) is 0 Å². The third-order valence-corrected chi connectivity index (χ3v) is 2.64. The predicted octanol–water partition coefficient (Wildman–Crippen LogP) is 3.89. The highest BCUT2D eigenvalue weighted by atomic mass is 35.5. The molecule has 10 heteroatoms. The maximum Gasteiger partial charge on any atom is 0.422 e. The number of amides is 1. The average molecular weight is 348 g/mol. The molecule has 0 spiro atoms. The van der Waals surface area contributed by atoms with Gasteiger partial charge in [-0.1, -0.05) is 29.8 Å². The van der Waals surface area contributed by atoms with Crippen molar-refractivity contribution >= 4 is 29.3 Å². The van der Waals surface area contributed by atoms with Gasteiger partial charge in [-0.25, -0.2) is 9.69 Å². The standard InChI is InChI=1S/C13H9ClF3N3O3/c14-9-6-10(23-7-13(15,16)17)19-11(18-9)20(12(21)22)8-4-2-1-3-5-8/h1-6H,7H2,(H,21,22). The van der Waals surface area contributed by atoms with Gasteiger partial charge in [0.05, 0.1) is 5.69 Å². The van der Waals surface area contributed by atoms with Crippen molar-refractivity contribution < 1.29 is 27.8 Å². The van der Waals surface area contributed by atoms with E-state index in [2.05, 4.69) is 14.7 Å². The molecule has 0 aliphatic heterocycles. The summed E-state index contributed by atoms with van der Waals surface area (Å²) in [5.74, 6) is -0.909. The molecule has 0 saturated heterocycles. The molecule has 1 N–H and O–H groups in total. The summed E-state index contributed by atoms with van der Waals surface area (Å²) in [7, 11) is 0. The van der Waals surface area contributed by atoms with Gasteiger partial charge >= 0.3 is 12.3 Å². The number of hydrogen-bond donors (Lipinski definition) is 1. The highest BCUT2D eigenvalue weighted by molar-refractivity contribution is 6.29. The van der Waals surface area contributed by atoms with Gasteiger partial charge in [0.1, 0.15) is 5.15 Å². The number of alkyl halides is 3. The van der Waals surface area contributed by atoms with Gasteiger partial charge in [-0.2, -0.15) is 23.1 Å². The van der Waals surface area contributed by atoms with Gasteiger partial charge in [0, 0.05) is 6.07 Å². The smallest absolute Gasteiger partial charge is 0.422 e. The molecule has 0 fully saturated rings. The Balaban J connectivity index is 2.37. The molecule has 1 aromatic carbocycles. The zero-order valence-electron chi connectivity index (χ0n) is 11.3. The maximum absolute atomic E-state index is 12.2. The molecule has 23 heavy (non-hydrogen) atoms. The summed E-state index contributed by atoms with van der Waals surface area (Å²) < 4.78 is 41.0. The molecule has 0 radical (unpaired) electrons. The number of carbonyl (C=O) groups is 1. The van der Waals surface area contributed by atoms with Crippen LogP contribution in [0.3, 0.4) is 0 Å². The van der Waals surface area contributed by atoms with Crippen LogP contribution in [0, 0.1) is 0 Å². The number of aromatic nitrogens is 2. The van der Waals surface area contributed by atoms with E-state index in [1.807, 2.05) is 0 Å². The van der Waals surface area contributed by atoms with Crippen LogP contribution in [0.5, 0.6) is 5.88 Å². The highest BCUT2D eigenvalue weighted by Crippen LogP contribution is 2.26. The van der Waals surface area contributed by atoms with E-state index in [0.29, 0.717) is 4.90 Å². The fourth-order valence-electron chi connectivity index (χ4n) is 1.60. The van der Waals surface area contributed by atoms with Crippen LogP contribution >= 0.6 is 11.6 Å². The zero-order chi connectivity index (χ0) is 17.0. The molecular weight excluding hydrogens is 339 g/mol. The molecule has 1 aromatic heterocycles. The number of carboxylic acid groups (broad SMARTS) is 1. The molecule has 0 saturated carbocycles. The Kier molecular flexibility index (Phi) is 4.89. The van der Waals surface area contributed by atoms with Crippen LogP contribution in [-0.2, 0) is 0 Å². The molecule has 1 amide bonds. The Morgan fingerprint density at radius 1 is 1.26 bits per heavy atom. The van der Waals surface area contributed by atoms with Crippen LogP contribution in [0.2, 0.25) is 5.15 Å². The first-order valence-corrected chi connectivity index (χ1v) is 6.46. The third-order valence-electron chi connectivity index (χ3n) is 2.45. The van der Waals surface area contributed by atoms with Gasteiger partial charge in [0.2, 0.25) is 11.8 Å². The van der Waals surface area contributed by atoms with E-state index in [1.54, 1.807) is 18.2 Å². The first-order valence-electron chi connectivity index (χ1n) is 6.08. The molecule has 0 atom stereocenters. The summed E-state index contributed by atoms with van der Waals surface area (Å²) in [6.07, 6.45) is -6.00. The topological polar surface area (TPSA) is 75.5 Å². The van der Waals surface area contributed by atoms with E-state index < -0.39 is 30.7 Å². The lowest BCUT2D eigenvalue weighted by Gasteiger charge is -2.18. The van der Waals surface area contributed by atoms with E-state index in [1.165, 1.54) is 12.1 Å². The number of anilines is 2. The number of hydrogen-bond acceptors (Lipinski definition) is 4. The minimum atomic E-state index is -4.57. The van der Waals surface area contributed by atoms with Crippen LogP contribution in [0.25, 0.3) is 0 Å². The largest absolute Gasteiger partial charge is 0.468 e. The summed E-state index contributed by atoms with van der Waals surface area (Å²) in [6, 6.07) is 8.72. The van der Waals surface area contributed by atoms with Gasteiger partial charge in [0.25, 0.3) is 0 Å². The van der Waals surface area contributed by atoms with Crippen molar-refractivity contribution in [1.82, 2.24) is 9.97 Å². The molecule has 2 rings (SSSR count). The summed E-state index contributed by atoms with van der Waals surface area (Å²) >= 11 is 5.70. The highest BCUT2D eigenvalue weighted by Gasteiger charge is 2.29. The fourth-order valence-corrected chi connectivity index (χ4v) is 1.77. The second-order valence-electron chi connectivity index (χ2n) is 4.19. The number of rotatable bonds is 4. The molecule has 0 aliphatic rings. The van der Waals surface area contributed by atoms with Gasteiger partial charge in [-0.05, 0) is 12.1 Å². The van der Waals surface area contributed by atoms with E-state index in [-0.39, 0.29) is 10.8 Å². The maximum atomic E-state index is 12.2. The molecule has 1 heterocycles.